The lowest BCUT2D eigenvalue weighted by atomic mass is 10.0. The molecule has 4 heteroatoms. The molecule has 96 valence electrons. The maximum absolute atomic E-state index is 4.51. The normalized spacial score (nSPS) is 11.0. The topological polar surface area (TPSA) is 25.8 Å². The van der Waals surface area contributed by atoms with Gasteiger partial charge in [-0.15, -0.1) is 22.7 Å². The third-order valence-corrected chi connectivity index (χ3v) is 4.97. The number of hydrogen-bond acceptors (Lipinski definition) is 4. The standard InChI is InChI=1S/C16H10N2S2/c1-2-5-11(6-3-1)12-9-20-16-14(12)15(17-10-18-16)13-7-4-8-19-13/h1-10H. The van der Waals surface area contributed by atoms with Gasteiger partial charge in [0.1, 0.15) is 11.2 Å². The second-order valence-electron chi connectivity index (χ2n) is 4.40. The zero-order valence-electron chi connectivity index (χ0n) is 10.5. The van der Waals surface area contributed by atoms with Crippen molar-refractivity contribution in [2.75, 3.05) is 0 Å². The van der Waals surface area contributed by atoms with Crippen molar-refractivity contribution in [3.63, 3.8) is 0 Å². The molecule has 0 spiro atoms. The van der Waals surface area contributed by atoms with Crippen LogP contribution in [0.1, 0.15) is 0 Å². The van der Waals surface area contributed by atoms with E-state index in [4.69, 9.17) is 0 Å². The Labute approximate surface area is 124 Å². The summed E-state index contributed by atoms with van der Waals surface area (Å²) in [5.41, 5.74) is 3.46. The summed E-state index contributed by atoms with van der Waals surface area (Å²) in [4.78, 5) is 11.2. The third-order valence-electron chi connectivity index (χ3n) is 3.21. The number of fused-ring (bicyclic) bond motifs is 1. The lowest BCUT2D eigenvalue weighted by Crippen LogP contribution is -1.85. The first-order valence-corrected chi connectivity index (χ1v) is 8.01. The van der Waals surface area contributed by atoms with Crippen LogP contribution in [0.25, 0.3) is 31.9 Å². The molecule has 0 N–H and O–H groups in total. The molecular formula is C16H10N2S2. The molecule has 4 rings (SSSR count). The van der Waals surface area contributed by atoms with Gasteiger partial charge >= 0.3 is 0 Å². The lowest BCUT2D eigenvalue weighted by Gasteiger charge is -2.03. The molecule has 2 nitrogen and oxygen atoms in total. The number of rotatable bonds is 2. The fraction of sp³-hybridized carbons (Fsp3) is 0. The number of nitrogens with zero attached hydrogens (tertiary/aromatic N) is 2. The van der Waals surface area contributed by atoms with E-state index < -0.39 is 0 Å². The van der Waals surface area contributed by atoms with E-state index in [-0.39, 0.29) is 0 Å². The smallest absolute Gasteiger partial charge is 0.127 e. The maximum Gasteiger partial charge on any atom is 0.127 e. The third kappa shape index (κ3) is 1.85. The molecule has 0 unspecified atom stereocenters. The van der Waals surface area contributed by atoms with Gasteiger partial charge < -0.3 is 0 Å². The van der Waals surface area contributed by atoms with Crippen LogP contribution in [0.2, 0.25) is 0 Å². The monoisotopic (exact) mass is 294 g/mol. The highest BCUT2D eigenvalue weighted by Crippen LogP contribution is 2.39. The van der Waals surface area contributed by atoms with E-state index in [9.17, 15) is 0 Å². The van der Waals surface area contributed by atoms with Crippen LogP contribution in [0.5, 0.6) is 0 Å². The first-order valence-electron chi connectivity index (χ1n) is 6.25. The number of benzene rings is 1. The summed E-state index contributed by atoms with van der Waals surface area (Å²) < 4.78 is 0. The average molecular weight is 294 g/mol. The molecule has 3 aromatic heterocycles. The Morgan fingerprint density at radius 2 is 1.75 bits per heavy atom. The molecule has 0 amide bonds. The second kappa shape index (κ2) is 4.81. The van der Waals surface area contributed by atoms with Crippen molar-refractivity contribution in [3.8, 4) is 21.7 Å². The molecular weight excluding hydrogens is 284 g/mol. The first kappa shape index (κ1) is 11.8. The quantitative estimate of drug-likeness (QED) is 0.515. The molecule has 0 radical (unpaired) electrons. The van der Waals surface area contributed by atoms with Crippen molar-refractivity contribution in [1.29, 1.82) is 0 Å². The molecule has 0 atom stereocenters. The molecule has 4 aromatic rings. The van der Waals surface area contributed by atoms with E-state index in [1.165, 1.54) is 16.0 Å². The van der Waals surface area contributed by atoms with Crippen molar-refractivity contribution >= 4 is 32.9 Å². The van der Waals surface area contributed by atoms with Gasteiger partial charge in [-0.25, -0.2) is 9.97 Å². The molecule has 20 heavy (non-hydrogen) atoms. The van der Waals surface area contributed by atoms with Crippen molar-refractivity contribution in [2.24, 2.45) is 0 Å². The van der Waals surface area contributed by atoms with Gasteiger partial charge in [-0.1, -0.05) is 36.4 Å². The molecule has 0 aliphatic carbocycles. The van der Waals surface area contributed by atoms with Crippen molar-refractivity contribution in [2.45, 2.75) is 0 Å². The molecule has 0 saturated carbocycles. The minimum atomic E-state index is 1.03. The van der Waals surface area contributed by atoms with Crippen LogP contribution in [-0.4, -0.2) is 9.97 Å². The Morgan fingerprint density at radius 1 is 0.850 bits per heavy atom. The summed E-state index contributed by atoms with van der Waals surface area (Å²) in [6, 6.07) is 14.6. The van der Waals surface area contributed by atoms with Gasteiger partial charge in [-0.3, -0.25) is 0 Å². The predicted octanol–water partition coefficient (Wildman–Crippen LogP) is 5.09. The van der Waals surface area contributed by atoms with E-state index in [0.717, 1.165) is 15.9 Å². The molecule has 0 fully saturated rings. The zero-order valence-corrected chi connectivity index (χ0v) is 12.1. The molecule has 0 bridgehead atoms. The fourth-order valence-electron chi connectivity index (χ4n) is 2.31. The molecule has 3 heterocycles. The van der Waals surface area contributed by atoms with Crippen LogP contribution in [0, 0.1) is 0 Å². The summed E-state index contributed by atoms with van der Waals surface area (Å²) in [5, 5.41) is 5.41. The highest BCUT2D eigenvalue weighted by atomic mass is 32.1. The molecule has 1 aromatic carbocycles. The predicted molar refractivity (Wildman–Crippen MR) is 86.2 cm³/mol. The molecule has 0 aliphatic rings. The Bertz CT molecular complexity index is 849. The van der Waals surface area contributed by atoms with Gasteiger partial charge in [0, 0.05) is 16.3 Å². The van der Waals surface area contributed by atoms with E-state index in [0.29, 0.717) is 0 Å². The maximum atomic E-state index is 4.51. The Morgan fingerprint density at radius 3 is 2.55 bits per heavy atom. The van der Waals surface area contributed by atoms with Gasteiger partial charge in [-0.2, -0.15) is 0 Å². The van der Waals surface area contributed by atoms with Crippen LogP contribution >= 0.6 is 22.7 Å². The summed E-state index contributed by atoms with van der Waals surface area (Å²) in [5.74, 6) is 0. The minimum absolute atomic E-state index is 1.03. The van der Waals surface area contributed by atoms with Crippen LogP contribution < -0.4 is 0 Å². The van der Waals surface area contributed by atoms with Crippen LogP contribution in [0.15, 0.2) is 59.6 Å². The number of aromatic nitrogens is 2. The van der Waals surface area contributed by atoms with Gasteiger partial charge in [0.25, 0.3) is 0 Å². The summed E-state index contributed by atoms with van der Waals surface area (Å²) in [6.07, 6.45) is 1.66. The second-order valence-corrected chi connectivity index (χ2v) is 6.20. The van der Waals surface area contributed by atoms with Crippen molar-refractivity contribution < 1.29 is 0 Å². The highest BCUT2D eigenvalue weighted by molar-refractivity contribution is 7.17. The van der Waals surface area contributed by atoms with Crippen molar-refractivity contribution in [1.82, 2.24) is 9.97 Å². The van der Waals surface area contributed by atoms with E-state index >= 15 is 0 Å². The van der Waals surface area contributed by atoms with Crippen LogP contribution in [0.3, 0.4) is 0 Å². The Kier molecular flexibility index (Phi) is 2.83. The number of hydrogen-bond donors (Lipinski definition) is 0. The Hall–Kier alpha value is -2.04. The first-order chi connectivity index (χ1) is 9.93. The van der Waals surface area contributed by atoms with Gasteiger partial charge in [0.2, 0.25) is 0 Å². The van der Waals surface area contributed by atoms with E-state index in [2.05, 4.69) is 57.1 Å². The zero-order chi connectivity index (χ0) is 13.4. The van der Waals surface area contributed by atoms with Crippen LogP contribution in [-0.2, 0) is 0 Å². The largest absolute Gasteiger partial charge is 0.235 e. The Balaban J connectivity index is 2.04. The van der Waals surface area contributed by atoms with E-state index in [1.54, 1.807) is 29.0 Å². The average Bonchev–Trinajstić information content (AvgIpc) is 3.17. The highest BCUT2D eigenvalue weighted by Gasteiger charge is 2.14. The minimum Gasteiger partial charge on any atom is -0.235 e. The summed E-state index contributed by atoms with van der Waals surface area (Å²) >= 11 is 3.39. The van der Waals surface area contributed by atoms with Gasteiger partial charge in [0.15, 0.2) is 0 Å². The van der Waals surface area contributed by atoms with Gasteiger partial charge in [0.05, 0.1) is 10.6 Å². The fourth-order valence-corrected chi connectivity index (χ4v) is 3.95. The number of thiophene rings is 2. The summed E-state index contributed by atoms with van der Waals surface area (Å²) in [7, 11) is 0. The SMILES string of the molecule is c1ccc(-c2csc3ncnc(-c4cccs4)c23)cc1. The van der Waals surface area contributed by atoms with Gasteiger partial charge in [-0.05, 0) is 17.0 Å². The lowest BCUT2D eigenvalue weighted by molar-refractivity contribution is 1.24. The van der Waals surface area contributed by atoms with Crippen LogP contribution in [0.4, 0.5) is 0 Å². The molecule has 0 saturated heterocycles. The van der Waals surface area contributed by atoms with E-state index in [1.807, 2.05) is 6.07 Å². The molecule has 0 aliphatic heterocycles. The van der Waals surface area contributed by atoms with Crippen molar-refractivity contribution in [3.05, 3.63) is 59.6 Å². The summed E-state index contributed by atoms with van der Waals surface area (Å²) in [6.45, 7) is 0.